The van der Waals surface area contributed by atoms with Gasteiger partial charge in [0.05, 0.1) is 17.9 Å². The van der Waals surface area contributed by atoms with E-state index in [-0.39, 0.29) is 30.2 Å². The van der Waals surface area contributed by atoms with Crippen molar-refractivity contribution in [1.82, 2.24) is 19.7 Å². The molecule has 34 heavy (non-hydrogen) atoms. The number of anilines is 1. The fourth-order valence-corrected chi connectivity index (χ4v) is 4.22. The molecule has 0 bridgehead atoms. The Balaban J connectivity index is 1.57. The second-order valence-electron chi connectivity index (χ2n) is 8.30. The van der Waals surface area contributed by atoms with Gasteiger partial charge in [0.15, 0.2) is 5.82 Å². The molecule has 10 heteroatoms. The predicted octanol–water partition coefficient (Wildman–Crippen LogP) is 3.81. The lowest BCUT2D eigenvalue weighted by molar-refractivity contribution is 0.0386. The summed E-state index contributed by atoms with van der Waals surface area (Å²) in [5.41, 5.74) is 2.05. The van der Waals surface area contributed by atoms with Gasteiger partial charge in [-0.3, -0.25) is 4.79 Å². The highest BCUT2D eigenvalue weighted by atomic mass is 19.1. The van der Waals surface area contributed by atoms with Crippen LogP contribution in [-0.4, -0.2) is 51.9 Å². The topological polar surface area (TPSA) is 111 Å². The van der Waals surface area contributed by atoms with Crippen LogP contribution in [0.1, 0.15) is 57.2 Å². The molecule has 4 rings (SSSR count). The van der Waals surface area contributed by atoms with Gasteiger partial charge in [0.1, 0.15) is 23.9 Å². The Hall–Kier alpha value is -3.53. The van der Waals surface area contributed by atoms with Crippen LogP contribution in [0.15, 0.2) is 18.2 Å². The first kappa shape index (κ1) is 23.6. The molecule has 0 atom stereocenters. The molecule has 1 amide bonds. The second-order valence-corrected chi connectivity index (χ2v) is 8.30. The smallest absolute Gasteiger partial charge is 0.340 e. The summed E-state index contributed by atoms with van der Waals surface area (Å²) < 4.78 is 26.8. The third-order valence-corrected chi connectivity index (χ3v) is 5.97. The van der Waals surface area contributed by atoms with Crippen LogP contribution in [0.3, 0.4) is 0 Å². The second kappa shape index (κ2) is 10.2. The number of hydrogen-bond donors (Lipinski definition) is 2. The first-order valence-corrected chi connectivity index (χ1v) is 11.3. The van der Waals surface area contributed by atoms with E-state index in [1.54, 1.807) is 26.0 Å². The normalized spacial score (nSPS) is 13.3. The molecular formula is C24H28FN5O4. The lowest BCUT2D eigenvalue weighted by Gasteiger charge is -2.10. The minimum absolute atomic E-state index is 0.0179. The molecule has 0 spiro atoms. The number of aromatic nitrogens is 4. The summed E-state index contributed by atoms with van der Waals surface area (Å²) in [5.74, 6) is -0.117. The number of fused-ring (bicyclic) bond motifs is 1. The van der Waals surface area contributed by atoms with Crippen LogP contribution in [0, 0.1) is 19.7 Å². The summed E-state index contributed by atoms with van der Waals surface area (Å²) in [5, 5.41) is 11.2. The zero-order valence-corrected chi connectivity index (χ0v) is 19.5. The highest BCUT2D eigenvalue weighted by molar-refractivity contribution is 6.07. The number of ether oxygens (including phenoxy) is 2. The van der Waals surface area contributed by atoms with E-state index in [2.05, 4.69) is 25.1 Å². The Morgan fingerprint density at radius 3 is 2.79 bits per heavy atom. The SMILES string of the molecule is COCCOC(=O)c1c(C)[nH]c(C(=O)Nc2cc(-c3nnc4n3CCCCC4)ccc2F)c1C. The quantitative estimate of drug-likeness (QED) is 0.402. The van der Waals surface area contributed by atoms with Crippen molar-refractivity contribution in [1.29, 1.82) is 0 Å². The number of carbonyl (C=O) groups is 2. The Morgan fingerprint density at radius 1 is 1.18 bits per heavy atom. The van der Waals surface area contributed by atoms with E-state index in [1.807, 2.05) is 0 Å². The van der Waals surface area contributed by atoms with Crippen LogP contribution in [-0.2, 0) is 22.4 Å². The number of halogens is 1. The first-order chi connectivity index (χ1) is 16.4. The van der Waals surface area contributed by atoms with Gasteiger partial charge in [0.25, 0.3) is 5.91 Å². The number of aryl methyl sites for hydroxylation is 2. The van der Waals surface area contributed by atoms with Crippen LogP contribution >= 0.6 is 0 Å². The van der Waals surface area contributed by atoms with Crippen LogP contribution in [0.2, 0.25) is 0 Å². The molecule has 0 saturated heterocycles. The molecule has 2 N–H and O–H groups in total. The molecule has 180 valence electrons. The fraction of sp³-hybridized carbons (Fsp3) is 0.417. The number of benzene rings is 1. The van der Waals surface area contributed by atoms with E-state index in [0.29, 0.717) is 22.6 Å². The maximum atomic E-state index is 14.6. The molecule has 9 nitrogen and oxygen atoms in total. The van der Waals surface area contributed by atoms with E-state index in [0.717, 1.165) is 38.1 Å². The fourth-order valence-electron chi connectivity index (χ4n) is 4.22. The molecule has 0 aliphatic carbocycles. The summed E-state index contributed by atoms with van der Waals surface area (Å²) in [7, 11) is 1.51. The number of hydrogen-bond acceptors (Lipinski definition) is 6. The van der Waals surface area contributed by atoms with Crippen molar-refractivity contribution in [2.75, 3.05) is 25.6 Å². The van der Waals surface area contributed by atoms with Crippen molar-refractivity contribution < 1.29 is 23.5 Å². The minimum atomic E-state index is -0.576. The molecule has 0 fully saturated rings. The Labute approximate surface area is 196 Å². The molecule has 3 aromatic rings. The van der Waals surface area contributed by atoms with E-state index < -0.39 is 17.7 Å². The van der Waals surface area contributed by atoms with Crippen LogP contribution < -0.4 is 5.32 Å². The van der Waals surface area contributed by atoms with E-state index in [4.69, 9.17) is 9.47 Å². The van der Waals surface area contributed by atoms with Gasteiger partial charge in [0.2, 0.25) is 0 Å². The van der Waals surface area contributed by atoms with Crippen LogP contribution in [0.25, 0.3) is 11.4 Å². The van der Waals surface area contributed by atoms with Crippen molar-refractivity contribution in [2.45, 2.75) is 46.1 Å². The van der Waals surface area contributed by atoms with Crippen LogP contribution in [0.4, 0.5) is 10.1 Å². The van der Waals surface area contributed by atoms with Crippen molar-refractivity contribution >= 4 is 17.6 Å². The van der Waals surface area contributed by atoms with E-state index in [9.17, 15) is 14.0 Å². The molecule has 2 aromatic heterocycles. The van der Waals surface area contributed by atoms with Gasteiger partial charge in [-0.25, -0.2) is 9.18 Å². The first-order valence-electron chi connectivity index (χ1n) is 11.3. The number of rotatable bonds is 7. The molecule has 1 aromatic carbocycles. The number of nitrogens with zero attached hydrogens (tertiary/aromatic N) is 3. The van der Waals surface area contributed by atoms with Crippen LogP contribution in [0.5, 0.6) is 0 Å². The molecule has 0 saturated carbocycles. The number of nitrogens with one attached hydrogen (secondary N) is 2. The predicted molar refractivity (Wildman–Crippen MR) is 123 cm³/mol. The van der Waals surface area contributed by atoms with Gasteiger partial charge in [-0.05, 0) is 50.5 Å². The van der Waals surface area contributed by atoms with E-state index >= 15 is 0 Å². The largest absolute Gasteiger partial charge is 0.460 e. The van der Waals surface area contributed by atoms with Crippen molar-refractivity contribution in [3.8, 4) is 11.4 Å². The zero-order chi connectivity index (χ0) is 24.2. The zero-order valence-electron chi connectivity index (χ0n) is 19.5. The Morgan fingerprint density at radius 2 is 2.00 bits per heavy atom. The Bertz CT molecular complexity index is 1220. The summed E-state index contributed by atoms with van der Waals surface area (Å²) >= 11 is 0. The third-order valence-electron chi connectivity index (χ3n) is 5.97. The average molecular weight is 470 g/mol. The molecule has 1 aliphatic rings. The van der Waals surface area contributed by atoms with Crippen molar-refractivity contribution in [2.24, 2.45) is 0 Å². The number of methoxy groups -OCH3 is 1. The third kappa shape index (κ3) is 4.72. The summed E-state index contributed by atoms with van der Waals surface area (Å²) in [6.45, 7) is 4.50. The molecule has 1 aliphatic heterocycles. The Kier molecular flexibility index (Phi) is 7.06. The number of H-pyrrole nitrogens is 1. The van der Waals surface area contributed by atoms with Gasteiger partial charge >= 0.3 is 5.97 Å². The molecule has 0 radical (unpaired) electrons. The highest BCUT2D eigenvalue weighted by Gasteiger charge is 2.24. The lowest BCUT2D eigenvalue weighted by Crippen LogP contribution is -2.15. The maximum Gasteiger partial charge on any atom is 0.340 e. The van der Waals surface area contributed by atoms with Gasteiger partial charge in [0, 0.05) is 31.3 Å². The van der Waals surface area contributed by atoms with Gasteiger partial charge in [-0.1, -0.05) is 6.42 Å². The summed E-state index contributed by atoms with van der Waals surface area (Å²) in [6.07, 6.45) is 4.09. The van der Waals surface area contributed by atoms with E-state index in [1.165, 1.54) is 13.2 Å². The molecular weight excluding hydrogens is 441 g/mol. The standard InChI is InChI=1S/C24H28FN5O4/c1-14-20(24(32)34-12-11-33-3)15(2)26-21(14)23(31)27-18-13-16(8-9-17(18)25)22-29-28-19-7-5-4-6-10-30(19)22/h8-9,13,26H,4-7,10-12H2,1-3H3,(H,27,31). The van der Waals surface area contributed by atoms with Gasteiger partial charge < -0.3 is 24.3 Å². The minimum Gasteiger partial charge on any atom is -0.460 e. The molecule has 0 unspecified atom stereocenters. The number of esters is 1. The average Bonchev–Trinajstić information content (AvgIpc) is 3.25. The van der Waals surface area contributed by atoms with Gasteiger partial charge in [-0.2, -0.15) is 0 Å². The number of carbonyl (C=O) groups excluding carboxylic acids is 2. The number of amides is 1. The lowest BCUT2D eigenvalue weighted by atomic mass is 10.1. The highest BCUT2D eigenvalue weighted by Crippen LogP contribution is 2.27. The monoisotopic (exact) mass is 469 g/mol. The maximum absolute atomic E-state index is 14.6. The molecule has 3 heterocycles. The van der Waals surface area contributed by atoms with Crippen molar-refractivity contribution in [3.05, 3.63) is 52.4 Å². The summed E-state index contributed by atoms with van der Waals surface area (Å²) in [4.78, 5) is 28.3. The number of aromatic amines is 1. The summed E-state index contributed by atoms with van der Waals surface area (Å²) in [6, 6.07) is 4.49. The van der Waals surface area contributed by atoms with Crippen molar-refractivity contribution in [3.63, 3.8) is 0 Å². The van der Waals surface area contributed by atoms with Gasteiger partial charge in [-0.15, -0.1) is 10.2 Å².